The maximum atomic E-state index is 12.8. The molecule has 4 rings (SSSR count). The Morgan fingerprint density at radius 1 is 1.03 bits per heavy atom. The average molecular weight is 389 g/mol. The summed E-state index contributed by atoms with van der Waals surface area (Å²) in [5, 5.41) is 0. The first-order valence-electron chi connectivity index (χ1n) is 10.4. The number of imidazole rings is 1. The molecule has 1 saturated heterocycles. The van der Waals surface area contributed by atoms with Gasteiger partial charge in [0.1, 0.15) is 5.82 Å². The van der Waals surface area contributed by atoms with Crippen LogP contribution < -0.4 is 0 Å². The first kappa shape index (κ1) is 19.4. The number of amides is 1. The molecule has 5 heteroatoms. The number of rotatable bonds is 5. The molecular weight excluding hydrogens is 360 g/mol. The molecule has 1 fully saturated rings. The summed E-state index contributed by atoms with van der Waals surface area (Å²) in [4.78, 5) is 23.7. The lowest BCUT2D eigenvalue weighted by molar-refractivity contribution is 0.0683. The zero-order valence-corrected chi connectivity index (χ0v) is 17.2. The largest absolute Gasteiger partial charge is 0.339 e. The van der Waals surface area contributed by atoms with E-state index in [0.29, 0.717) is 5.92 Å². The van der Waals surface area contributed by atoms with Crippen LogP contribution in [0.4, 0.5) is 0 Å². The molecule has 5 nitrogen and oxygen atoms in total. The van der Waals surface area contributed by atoms with Crippen LogP contribution in [0.25, 0.3) is 11.4 Å². The van der Waals surface area contributed by atoms with E-state index in [2.05, 4.69) is 45.7 Å². The molecule has 2 aromatic heterocycles. The van der Waals surface area contributed by atoms with Crippen LogP contribution in [0.15, 0.2) is 54.9 Å². The minimum absolute atomic E-state index is 0.117. The number of pyridine rings is 1. The molecule has 0 aliphatic carbocycles. The van der Waals surface area contributed by atoms with Crippen molar-refractivity contribution in [3.8, 4) is 11.4 Å². The molecule has 0 N–H and O–H groups in total. The fraction of sp³-hybridized carbons (Fsp3) is 0.375. The third kappa shape index (κ3) is 4.24. The maximum absolute atomic E-state index is 12.8. The van der Waals surface area contributed by atoms with Gasteiger partial charge < -0.3 is 9.47 Å². The molecular formula is C24H28N4O. The van der Waals surface area contributed by atoms with Gasteiger partial charge in [-0.2, -0.15) is 0 Å². The van der Waals surface area contributed by atoms with Crippen molar-refractivity contribution in [1.82, 2.24) is 19.4 Å². The third-order valence-corrected chi connectivity index (χ3v) is 5.99. The van der Waals surface area contributed by atoms with Gasteiger partial charge in [0.15, 0.2) is 0 Å². The van der Waals surface area contributed by atoms with Crippen LogP contribution in [-0.2, 0) is 6.54 Å². The number of piperidine rings is 1. The first-order chi connectivity index (χ1) is 14.1. The van der Waals surface area contributed by atoms with E-state index in [1.807, 2.05) is 36.2 Å². The maximum Gasteiger partial charge on any atom is 0.255 e. The predicted octanol–water partition coefficient (Wildman–Crippen LogP) is 4.50. The SMILES string of the molecule is Cc1ncccc1C(=O)N1CCC(CCn2c(C)cnc2-c2ccccc2)CC1. The highest BCUT2D eigenvalue weighted by Crippen LogP contribution is 2.25. The highest BCUT2D eigenvalue weighted by atomic mass is 16.2. The Morgan fingerprint density at radius 2 is 1.79 bits per heavy atom. The molecule has 0 radical (unpaired) electrons. The van der Waals surface area contributed by atoms with Gasteiger partial charge in [0, 0.05) is 49.0 Å². The fourth-order valence-corrected chi connectivity index (χ4v) is 4.18. The summed E-state index contributed by atoms with van der Waals surface area (Å²) >= 11 is 0. The smallest absolute Gasteiger partial charge is 0.255 e. The summed E-state index contributed by atoms with van der Waals surface area (Å²) in [5.41, 5.74) is 3.90. The van der Waals surface area contributed by atoms with Gasteiger partial charge in [-0.05, 0) is 51.2 Å². The Kier molecular flexibility index (Phi) is 5.74. The van der Waals surface area contributed by atoms with E-state index in [1.54, 1.807) is 6.20 Å². The van der Waals surface area contributed by atoms with Crippen LogP contribution in [0.1, 0.15) is 41.0 Å². The van der Waals surface area contributed by atoms with E-state index < -0.39 is 0 Å². The van der Waals surface area contributed by atoms with Crippen molar-refractivity contribution in [2.45, 2.75) is 39.7 Å². The zero-order chi connectivity index (χ0) is 20.2. The van der Waals surface area contributed by atoms with Gasteiger partial charge in [-0.3, -0.25) is 9.78 Å². The second-order valence-corrected chi connectivity index (χ2v) is 7.90. The van der Waals surface area contributed by atoms with Crippen LogP contribution in [0.2, 0.25) is 0 Å². The molecule has 3 aromatic rings. The molecule has 150 valence electrons. The lowest BCUT2D eigenvalue weighted by Crippen LogP contribution is -2.39. The topological polar surface area (TPSA) is 51.0 Å². The van der Waals surface area contributed by atoms with Crippen LogP contribution >= 0.6 is 0 Å². The second-order valence-electron chi connectivity index (χ2n) is 7.90. The number of benzene rings is 1. The second kappa shape index (κ2) is 8.60. The Balaban J connectivity index is 1.35. The minimum Gasteiger partial charge on any atom is -0.339 e. The number of aryl methyl sites for hydroxylation is 2. The molecule has 1 aromatic carbocycles. The van der Waals surface area contributed by atoms with Crippen LogP contribution in [0.5, 0.6) is 0 Å². The molecule has 29 heavy (non-hydrogen) atoms. The number of nitrogens with zero attached hydrogens (tertiary/aromatic N) is 4. The molecule has 1 aliphatic rings. The van der Waals surface area contributed by atoms with Crippen molar-refractivity contribution in [2.75, 3.05) is 13.1 Å². The number of likely N-dealkylation sites (tertiary alicyclic amines) is 1. The Bertz CT molecular complexity index is 972. The molecule has 3 heterocycles. The van der Waals surface area contributed by atoms with Crippen LogP contribution in [0, 0.1) is 19.8 Å². The van der Waals surface area contributed by atoms with Crippen molar-refractivity contribution < 1.29 is 4.79 Å². The third-order valence-electron chi connectivity index (χ3n) is 5.99. The van der Waals surface area contributed by atoms with Crippen molar-refractivity contribution in [3.63, 3.8) is 0 Å². The normalized spacial score (nSPS) is 14.9. The summed E-state index contributed by atoms with van der Waals surface area (Å²) in [6.45, 7) is 6.64. The van der Waals surface area contributed by atoms with Crippen molar-refractivity contribution in [1.29, 1.82) is 0 Å². The van der Waals surface area contributed by atoms with Gasteiger partial charge in [0.25, 0.3) is 5.91 Å². The van der Waals surface area contributed by atoms with Crippen molar-refractivity contribution in [2.24, 2.45) is 5.92 Å². The molecule has 0 spiro atoms. The van der Waals surface area contributed by atoms with Gasteiger partial charge in [0.05, 0.1) is 5.56 Å². The molecule has 0 unspecified atom stereocenters. The van der Waals surface area contributed by atoms with E-state index in [-0.39, 0.29) is 5.91 Å². The average Bonchev–Trinajstić information content (AvgIpc) is 3.13. The van der Waals surface area contributed by atoms with E-state index in [0.717, 1.165) is 61.5 Å². The molecule has 1 aliphatic heterocycles. The number of carbonyl (C=O) groups excluding carboxylic acids is 1. The first-order valence-corrected chi connectivity index (χ1v) is 10.4. The van der Waals surface area contributed by atoms with E-state index >= 15 is 0 Å². The van der Waals surface area contributed by atoms with E-state index in [1.165, 1.54) is 5.69 Å². The number of hydrogen-bond donors (Lipinski definition) is 0. The van der Waals surface area contributed by atoms with Crippen LogP contribution in [0.3, 0.4) is 0 Å². The predicted molar refractivity (Wildman–Crippen MR) is 115 cm³/mol. The molecule has 0 atom stereocenters. The lowest BCUT2D eigenvalue weighted by Gasteiger charge is -2.32. The molecule has 1 amide bonds. The fourth-order valence-electron chi connectivity index (χ4n) is 4.18. The highest BCUT2D eigenvalue weighted by Gasteiger charge is 2.25. The quantitative estimate of drug-likeness (QED) is 0.646. The highest BCUT2D eigenvalue weighted by molar-refractivity contribution is 5.95. The Labute approximate surface area is 172 Å². The summed E-state index contributed by atoms with van der Waals surface area (Å²) in [5.74, 6) is 1.80. The minimum atomic E-state index is 0.117. The Hall–Kier alpha value is -2.95. The molecule has 0 saturated carbocycles. The summed E-state index contributed by atoms with van der Waals surface area (Å²) in [7, 11) is 0. The standard InChI is InChI=1S/C24H28N4O/c1-18-17-26-23(21-7-4-3-5-8-21)28(18)16-12-20-10-14-27(15-11-20)24(29)22-9-6-13-25-19(22)2/h3-9,13,17,20H,10-12,14-16H2,1-2H3. The zero-order valence-electron chi connectivity index (χ0n) is 17.2. The van der Waals surface area contributed by atoms with Gasteiger partial charge in [-0.25, -0.2) is 4.98 Å². The van der Waals surface area contributed by atoms with Gasteiger partial charge in [-0.1, -0.05) is 30.3 Å². The Morgan fingerprint density at radius 3 is 2.52 bits per heavy atom. The number of aromatic nitrogens is 3. The van der Waals surface area contributed by atoms with Crippen molar-refractivity contribution >= 4 is 5.91 Å². The number of carbonyl (C=O) groups is 1. The summed E-state index contributed by atoms with van der Waals surface area (Å²) in [6, 6.07) is 14.1. The van der Waals surface area contributed by atoms with Gasteiger partial charge in [0.2, 0.25) is 0 Å². The molecule has 0 bridgehead atoms. The summed E-state index contributed by atoms with van der Waals surface area (Å²) in [6.07, 6.45) is 6.92. The monoisotopic (exact) mass is 388 g/mol. The summed E-state index contributed by atoms with van der Waals surface area (Å²) < 4.78 is 2.33. The van der Waals surface area contributed by atoms with Gasteiger partial charge in [-0.15, -0.1) is 0 Å². The van der Waals surface area contributed by atoms with Crippen LogP contribution in [-0.4, -0.2) is 38.4 Å². The van der Waals surface area contributed by atoms with E-state index in [4.69, 9.17) is 0 Å². The lowest BCUT2D eigenvalue weighted by atomic mass is 9.93. The van der Waals surface area contributed by atoms with E-state index in [9.17, 15) is 4.79 Å². The number of hydrogen-bond acceptors (Lipinski definition) is 3. The van der Waals surface area contributed by atoms with Gasteiger partial charge >= 0.3 is 0 Å². The van der Waals surface area contributed by atoms with Crippen molar-refractivity contribution in [3.05, 3.63) is 71.8 Å².